The minimum Gasteiger partial charge on any atom is -0.493 e. The van der Waals surface area contributed by atoms with Crippen LogP contribution < -0.4 is 14.8 Å². The van der Waals surface area contributed by atoms with Gasteiger partial charge >= 0.3 is 0 Å². The third-order valence-electron chi connectivity index (χ3n) is 3.06. The Labute approximate surface area is 134 Å². The van der Waals surface area contributed by atoms with Gasteiger partial charge in [-0.05, 0) is 35.9 Å². The number of ether oxygens (including phenoxy) is 2. The smallest absolute Gasteiger partial charge is 0.221 e. The molecule has 0 aliphatic carbocycles. The standard InChI is InChI=1S/C17H18N2O4/c1-12(20)19-15-6-3-13(4-7-15)11-23-16-8-5-14(10-18-21)9-17(16)22-2/h3-10,21H,11H2,1-2H3,(H,19,20). The van der Waals surface area contributed by atoms with Crippen molar-refractivity contribution in [3.05, 3.63) is 53.6 Å². The fourth-order valence-corrected chi connectivity index (χ4v) is 2.00. The quantitative estimate of drug-likeness (QED) is 0.488. The van der Waals surface area contributed by atoms with Crippen LogP contribution in [0.25, 0.3) is 0 Å². The van der Waals surface area contributed by atoms with Crippen molar-refractivity contribution in [2.75, 3.05) is 12.4 Å². The molecule has 2 aromatic rings. The van der Waals surface area contributed by atoms with Crippen molar-refractivity contribution in [2.24, 2.45) is 5.16 Å². The molecule has 0 fully saturated rings. The fourth-order valence-electron chi connectivity index (χ4n) is 2.00. The van der Waals surface area contributed by atoms with E-state index < -0.39 is 0 Å². The van der Waals surface area contributed by atoms with Gasteiger partial charge in [-0.1, -0.05) is 17.3 Å². The largest absolute Gasteiger partial charge is 0.493 e. The summed E-state index contributed by atoms with van der Waals surface area (Å²) < 4.78 is 11.0. The van der Waals surface area contributed by atoms with Crippen molar-refractivity contribution in [1.82, 2.24) is 0 Å². The highest BCUT2D eigenvalue weighted by Gasteiger charge is 2.06. The van der Waals surface area contributed by atoms with Crippen LogP contribution in [0.3, 0.4) is 0 Å². The van der Waals surface area contributed by atoms with E-state index in [1.54, 1.807) is 25.3 Å². The van der Waals surface area contributed by atoms with Gasteiger partial charge in [0.25, 0.3) is 0 Å². The molecule has 6 heteroatoms. The van der Waals surface area contributed by atoms with Gasteiger partial charge in [0.05, 0.1) is 13.3 Å². The number of amides is 1. The van der Waals surface area contributed by atoms with Gasteiger partial charge in [-0.15, -0.1) is 0 Å². The summed E-state index contributed by atoms with van der Waals surface area (Å²) >= 11 is 0. The number of nitrogens with zero attached hydrogens (tertiary/aromatic N) is 1. The molecular formula is C17H18N2O4. The molecule has 0 aromatic heterocycles. The molecule has 1 amide bonds. The Bertz CT molecular complexity index is 696. The van der Waals surface area contributed by atoms with Crippen LogP contribution in [0.5, 0.6) is 11.5 Å². The zero-order chi connectivity index (χ0) is 16.7. The van der Waals surface area contributed by atoms with Crippen LogP contribution in [0.1, 0.15) is 18.1 Å². The van der Waals surface area contributed by atoms with Crippen molar-refractivity contribution in [3.8, 4) is 11.5 Å². The lowest BCUT2D eigenvalue weighted by Crippen LogP contribution is -2.05. The van der Waals surface area contributed by atoms with Crippen LogP contribution in [-0.4, -0.2) is 24.4 Å². The van der Waals surface area contributed by atoms with Crippen LogP contribution in [0.2, 0.25) is 0 Å². The Balaban J connectivity index is 2.04. The minimum absolute atomic E-state index is 0.106. The topological polar surface area (TPSA) is 80.2 Å². The number of carbonyl (C=O) groups excluding carboxylic acids is 1. The summed E-state index contributed by atoms with van der Waals surface area (Å²) in [5.41, 5.74) is 2.41. The van der Waals surface area contributed by atoms with Crippen molar-refractivity contribution >= 4 is 17.8 Å². The summed E-state index contributed by atoms with van der Waals surface area (Å²) in [6.45, 7) is 1.83. The molecule has 23 heavy (non-hydrogen) atoms. The molecule has 0 unspecified atom stereocenters. The van der Waals surface area contributed by atoms with E-state index in [9.17, 15) is 4.79 Å². The Kier molecular flexibility index (Phi) is 5.57. The molecule has 0 bridgehead atoms. The van der Waals surface area contributed by atoms with Crippen LogP contribution in [0.15, 0.2) is 47.6 Å². The van der Waals surface area contributed by atoms with E-state index in [-0.39, 0.29) is 5.91 Å². The van der Waals surface area contributed by atoms with Gasteiger partial charge in [0, 0.05) is 18.2 Å². The van der Waals surface area contributed by atoms with E-state index in [4.69, 9.17) is 14.7 Å². The number of nitrogens with one attached hydrogen (secondary N) is 1. The number of carbonyl (C=O) groups is 1. The lowest BCUT2D eigenvalue weighted by atomic mass is 10.2. The summed E-state index contributed by atoms with van der Waals surface area (Å²) in [7, 11) is 1.55. The van der Waals surface area contributed by atoms with Gasteiger partial charge in [0.1, 0.15) is 6.61 Å². The third-order valence-corrected chi connectivity index (χ3v) is 3.06. The number of methoxy groups -OCH3 is 1. The summed E-state index contributed by atoms with van der Waals surface area (Å²) in [6, 6.07) is 12.6. The van der Waals surface area contributed by atoms with E-state index >= 15 is 0 Å². The number of hydrogen-bond acceptors (Lipinski definition) is 5. The number of anilines is 1. The molecule has 0 saturated carbocycles. The molecule has 2 rings (SSSR count). The normalized spacial score (nSPS) is 10.5. The molecule has 0 heterocycles. The Morgan fingerprint density at radius 2 is 1.96 bits per heavy atom. The first-order valence-corrected chi connectivity index (χ1v) is 6.97. The van der Waals surface area contributed by atoms with E-state index in [0.717, 1.165) is 11.3 Å². The SMILES string of the molecule is COc1cc(C=NO)ccc1OCc1ccc(NC(C)=O)cc1. The van der Waals surface area contributed by atoms with E-state index in [0.29, 0.717) is 23.7 Å². The Morgan fingerprint density at radius 1 is 1.22 bits per heavy atom. The molecule has 0 radical (unpaired) electrons. The summed E-state index contributed by atoms with van der Waals surface area (Å²) in [6.07, 6.45) is 1.31. The Morgan fingerprint density at radius 3 is 2.57 bits per heavy atom. The summed E-state index contributed by atoms with van der Waals surface area (Å²) in [4.78, 5) is 11.0. The third kappa shape index (κ3) is 4.74. The van der Waals surface area contributed by atoms with Crippen LogP contribution in [-0.2, 0) is 11.4 Å². The second-order valence-corrected chi connectivity index (χ2v) is 4.82. The van der Waals surface area contributed by atoms with E-state index in [1.165, 1.54) is 13.1 Å². The zero-order valence-electron chi connectivity index (χ0n) is 12.9. The number of rotatable bonds is 6. The predicted octanol–water partition coefficient (Wildman–Crippen LogP) is 3.04. The number of oxime groups is 1. The predicted molar refractivity (Wildman–Crippen MR) is 87.5 cm³/mol. The van der Waals surface area contributed by atoms with Crippen molar-refractivity contribution < 1.29 is 19.5 Å². The average Bonchev–Trinajstić information content (AvgIpc) is 2.54. The van der Waals surface area contributed by atoms with Gasteiger partial charge in [0.15, 0.2) is 11.5 Å². The zero-order valence-corrected chi connectivity index (χ0v) is 12.9. The highest BCUT2D eigenvalue weighted by molar-refractivity contribution is 5.88. The highest BCUT2D eigenvalue weighted by atomic mass is 16.5. The molecule has 2 aromatic carbocycles. The molecular weight excluding hydrogens is 296 g/mol. The van der Waals surface area contributed by atoms with Crippen molar-refractivity contribution in [3.63, 3.8) is 0 Å². The molecule has 0 atom stereocenters. The van der Waals surface area contributed by atoms with Gasteiger partial charge < -0.3 is 20.0 Å². The molecule has 0 aliphatic heterocycles. The summed E-state index contributed by atoms with van der Waals surface area (Å²) in [5, 5.41) is 14.2. The van der Waals surface area contributed by atoms with Crippen LogP contribution in [0.4, 0.5) is 5.69 Å². The van der Waals surface area contributed by atoms with Gasteiger partial charge in [0.2, 0.25) is 5.91 Å². The maximum atomic E-state index is 11.0. The van der Waals surface area contributed by atoms with Gasteiger partial charge in [-0.25, -0.2) is 0 Å². The molecule has 0 saturated heterocycles. The van der Waals surface area contributed by atoms with Crippen molar-refractivity contribution in [1.29, 1.82) is 0 Å². The minimum atomic E-state index is -0.106. The molecule has 2 N–H and O–H groups in total. The highest BCUT2D eigenvalue weighted by Crippen LogP contribution is 2.28. The lowest BCUT2D eigenvalue weighted by Gasteiger charge is -2.11. The van der Waals surface area contributed by atoms with E-state index in [1.807, 2.05) is 24.3 Å². The van der Waals surface area contributed by atoms with Crippen LogP contribution in [0, 0.1) is 0 Å². The lowest BCUT2D eigenvalue weighted by molar-refractivity contribution is -0.114. The molecule has 0 aliphatic rings. The average molecular weight is 314 g/mol. The maximum Gasteiger partial charge on any atom is 0.221 e. The first kappa shape index (κ1) is 16.4. The molecule has 120 valence electrons. The maximum absolute atomic E-state index is 11.0. The molecule has 0 spiro atoms. The van der Waals surface area contributed by atoms with Crippen LogP contribution >= 0.6 is 0 Å². The second kappa shape index (κ2) is 7.84. The van der Waals surface area contributed by atoms with Gasteiger partial charge in [-0.3, -0.25) is 4.79 Å². The Hall–Kier alpha value is -3.02. The summed E-state index contributed by atoms with van der Waals surface area (Å²) in [5.74, 6) is 1.04. The number of hydrogen-bond donors (Lipinski definition) is 2. The van der Waals surface area contributed by atoms with Gasteiger partial charge in [-0.2, -0.15) is 0 Å². The van der Waals surface area contributed by atoms with E-state index in [2.05, 4.69) is 10.5 Å². The first-order valence-electron chi connectivity index (χ1n) is 6.97. The number of benzene rings is 2. The monoisotopic (exact) mass is 314 g/mol. The molecule has 6 nitrogen and oxygen atoms in total. The fraction of sp³-hybridized carbons (Fsp3) is 0.176. The second-order valence-electron chi connectivity index (χ2n) is 4.82. The van der Waals surface area contributed by atoms with Crippen molar-refractivity contribution in [2.45, 2.75) is 13.5 Å². The first-order chi connectivity index (χ1) is 11.1.